The number of hydrogen-bond donors (Lipinski definition) is 1. The highest BCUT2D eigenvalue weighted by Crippen LogP contribution is 2.47. The number of carbonyl (C=O) groups is 2. The highest BCUT2D eigenvalue weighted by atomic mass is 16.5. The van der Waals surface area contributed by atoms with Gasteiger partial charge >= 0.3 is 0 Å². The lowest BCUT2D eigenvalue weighted by molar-refractivity contribution is -0.136. The molecule has 5 nitrogen and oxygen atoms in total. The SMILES string of the molecule is CCCN1C(=O)C2=C(C(=O)C3CC(C)CCC3O2)C1c1cccc(O)c1. The number of benzene rings is 1. The molecular weight excluding hydrogens is 330 g/mol. The van der Waals surface area contributed by atoms with Crippen molar-refractivity contribution in [3.8, 4) is 5.75 Å². The number of phenolic OH excluding ortho intramolecular Hbond substituents is 1. The van der Waals surface area contributed by atoms with Crippen LogP contribution in [0.3, 0.4) is 0 Å². The van der Waals surface area contributed by atoms with Crippen LogP contribution in [0.1, 0.15) is 51.1 Å². The quantitative estimate of drug-likeness (QED) is 0.903. The Balaban J connectivity index is 1.79. The lowest BCUT2D eigenvalue weighted by atomic mass is 9.74. The number of nitrogens with zero attached hydrogens (tertiary/aromatic N) is 1. The van der Waals surface area contributed by atoms with Crippen molar-refractivity contribution in [2.75, 3.05) is 6.54 Å². The summed E-state index contributed by atoms with van der Waals surface area (Å²) in [7, 11) is 0. The number of fused-ring (bicyclic) bond motifs is 1. The first-order valence-corrected chi connectivity index (χ1v) is 9.56. The lowest BCUT2D eigenvalue weighted by Crippen LogP contribution is -2.41. The molecule has 0 bridgehead atoms. The minimum absolute atomic E-state index is 0.0584. The molecule has 1 aromatic carbocycles. The van der Waals surface area contributed by atoms with Gasteiger partial charge in [0.1, 0.15) is 11.9 Å². The van der Waals surface area contributed by atoms with Gasteiger partial charge in [0.2, 0.25) is 0 Å². The van der Waals surface area contributed by atoms with Crippen LogP contribution < -0.4 is 0 Å². The maximum Gasteiger partial charge on any atom is 0.290 e. The van der Waals surface area contributed by atoms with E-state index in [0.717, 1.165) is 31.2 Å². The molecule has 3 aliphatic rings. The number of ketones is 1. The summed E-state index contributed by atoms with van der Waals surface area (Å²) in [4.78, 5) is 28.1. The van der Waals surface area contributed by atoms with Crippen LogP contribution in [0.25, 0.3) is 0 Å². The van der Waals surface area contributed by atoms with Crippen LogP contribution in [-0.2, 0) is 14.3 Å². The van der Waals surface area contributed by atoms with E-state index in [9.17, 15) is 14.7 Å². The van der Waals surface area contributed by atoms with Gasteiger partial charge < -0.3 is 14.7 Å². The van der Waals surface area contributed by atoms with Crippen molar-refractivity contribution in [2.24, 2.45) is 11.8 Å². The Bertz CT molecular complexity index is 784. The smallest absolute Gasteiger partial charge is 0.290 e. The summed E-state index contributed by atoms with van der Waals surface area (Å²) in [6, 6.07) is 6.38. The van der Waals surface area contributed by atoms with Gasteiger partial charge in [0.25, 0.3) is 5.91 Å². The zero-order valence-corrected chi connectivity index (χ0v) is 15.3. The summed E-state index contributed by atoms with van der Waals surface area (Å²) in [5.74, 6) is 0.575. The topological polar surface area (TPSA) is 66.8 Å². The summed E-state index contributed by atoms with van der Waals surface area (Å²) in [5, 5.41) is 9.90. The molecule has 1 aliphatic carbocycles. The molecule has 0 spiro atoms. The van der Waals surface area contributed by atoms with Crippen LogP contribution in [0, 0.1) is 11.8 Å². The molecule has 1 amide bonds. The Morgan fingerprint density at radius 3 is 2.81 bits per heavy atom. The van der Waals surface area contributed by atoms with E-state index in [1.54, 1.807) is 23.1 Å². The van der Waals surface area contributed by atoms with E-state index < -0.39 is 6.04 Å². The van der Waals surface area contributed by atoms with Crippen LogP contribution in [0.15, 0.2) is 35.6 Å². The molecule has 138 valence electrons. The summed E-state index contributed by atoms with van der Waals surface area (Å²) < 4.78 is 6.11. The normalized spacial score (nSPS) is 30.9. The molecule has 1 aromatic rings. The minimum atomic E-state index is -0.463. The summed E-state index contributed by atoms with van der Waals surface area (Å²) in [5.41, 5.74) is 1.25. The van der Waals surface area contributed by atoms with E-state index in [1.807, 2.05) is 13.0 Å². The molecule has 1 saturated carbocycles. The van der Waals surface area contributed by atoms with E-state index in [2.05, 4.69) is 6.92 Å². The van der Waals surface area contributed by atoms with Gasteiger partial charge in [-0.3, -0.25) is 9.59 Å². The van der Waals surface area contributed by atoms with Crippen molar-refractivity contribution in [3.63, 3.8) is 0 Å². The van der Waals surface area contributed by atoms with Crippen LogP contribution in [-0.4, -0.2) is 34.3 Å². The predicted octanol–water partition coefficient (Wildman–Crippen LogP) is 3.34. The Morgan fingerprint density at radius 1 is 1.27 bits per heavy atom. The van der Waals surface area contributed by atoms with Crippen molar-refractivity contribution < 1.29 is 19.4 Å². The fourth-order valence-electron chi connectivity index (χ4n) is 4.64. The Kier molecular flexibility index (Phi) is 4.25. The molecule has 2 aliphatic heterocycles. The average Bonchev–Trinajstić information content (AvgIpc) is 2.89. The predicted molar refractivity (Wildman–Crippen MR) is 96.3 cm³/mol. The number of Topliss-reactive ketones (excluding diaryl/α,β-unsaturated/α-hetero) is 1. The van der Waals surface area contributed by atoms with Gasteiger partial charge in [0.15, 0.2) is 11.5 Å². The average molecular weight is 355 g/mol. The van der Waals surface area contributed by atoms with Crippen molar-refractivity contribution in [1.29, 1.82) is 0 Å². The fourth-order valence-corrected chi connectivity index (χ4v) is 4.64. The maximum atomic E-state index is 13.4. The van der Waals surface area contributed by atoms with Crippen molar-refractivity contribution in [3.05, 3.63) is 41.2 Å². The van der Waals surface area contributed by atoms with Crippen LogP contribution in [0.4, 0.5) is 0 Å². The molecule has 26 heavy (non-hydrogen) atoms. The van der Waals surface area contributed by atoms with Gasteiger partial charge in [-0.15, -0.1) is 0 Å². The Morgan fingerprint density at radius 2 is 2.08 bits per heavy atom. The molecule has 4 rings (SSSR count). The minimum Gasteiger partial charge on any atom is -0.508 e. The van der Waals surface area contributed by atoms with Gasteiger partial charge in [0, 0.05) is 6.54 Å². The number of carbonyl (C=O) groups excluding carboxylic acids is 2. The van der Waals surface area contributed by atoms with E-state index in [0.29, 0.717) is 18.0 Å². The van der Waals surface area contributed by atoms with Crippen LogP contribution >= 0.6 is 0 Å². The number of hydrogen-bond acceptors (Lipinski definition) is 4. The highest BCUT2D eigenvalue weighted by Gasteiger charge is 2.52. The first-order valence-electron chi connectivity index (χ1n) is 9.56. The second kappa shape index (κ2) is 6.45. The molecule has 4 atom stereocenters. The maximum absolute atomic E-state index is 13.4. The van der Waals surface area contributed by atoms with E-state index in [4.69, 9.17) is 4.74 Å². The third kappa shape index (κ3) is 2.61. The highest BCUT2D eigenvalue weighted by molar-refractivity contribution is 6.11. The first-order chi connectivity index (χ1) is 12.5. The molecule has 5 heteroatoms. The van der Waals surface area contributed by atoms with Crippen molar-refractivity contribution in [1.82, 2.24) is 4.90 Å². The van der Waals surface area contributed by atoms with Crippen molar-refractivity contribution in [2.45, 2.75) is 51.7 Å². The van der Waals surface area contributed by atoms with Gasteiger partial charge in [-0.25, -0.2) is 0 Å². The standard InChI is InChI=1S/C21H25NO4/c1-3-9-22-18(13-5-4-6-14(23)11-13)17-19(24)15-10-12(2)7-8-16(15)26-20(17)21(22)25/h4-6,11-12,15-16,18,23H,3,7-10H2,1-2H3. The summed E-state index contributed by atoms with van der Waals surface area (Å²) >= 11 is 0. The third-order valence-electron chi connectivity index (χ3n) is 5.86. The lowest BCUT2D eigenvalue weighted by Gasteiger charge is -2.37. The number of phenols is 1. The number of aromatic hydroxyl groups is 1. The van der Waals surface area contributed by atoms with E-state index in [1.165, 1.54) is 0 Å². The monoisotopic (exact) mass is 355 g/mol. The molecule has 1 fully saturated rings. The summed E-state index contributed by atoms with van der Waals surface area (Å²) in [6.07, 6.45) is 3.29. The first kappa shape index (κ1) is 17.1. The zero-order chi connectivity index (χ0) is 18.4. The summed E-state index contributed by atoms with van der Waals surface area (Å²) in [6.45, 7) is 4.73. The van der Waals surface area contributed by atoms with Crippen molar-refractivity contribution >= 4 is 11.7 Å². The fraction of sp³-hybridized carbons (Fsp3) is 0.524. The number of ether oxygens (including phenoxy) is 1. The molecule has 2 heterocycles. The second-order valence-corrected chi connectivity index (χ2v) is 7.78. The van der Waals surface area contributed by atoms with Gasteiger partial charge in [-0.2, -0.15) is 0 Å². The zero-order valence-electron chi connectivity index (χ0n) is 15.3. The Labute approximate surface area is 153 Å². The largest absolute Gasteiger partial charge is 0.508 e. The molecule has 0 aromatic heterocycles. The van der Waals surface area contributed by atoms with Crippen LogP contribution in [0.5, 0.6) is 5.75 Å². The van der Waals surface area contributed by atoms with Gasteiger partial charge in [-0.05, 0) is 49.3 Å². The number of amides is 1. The van der Waals surface area contributed by atoms with Gasteiger partial charge in [-0.1, -0.05) is 26.0 Å². The molecule has 4 unspecified atom stereocenters. The van der Waals surface area contributed by atoms with E-state index in [-0.39, 0.29) is 35.2 Å². The molecule has 0 saturated heterocycles. The second-order valence-electron chi connectivity index (χ2n) is 7.78. The Hall–Kier alpha value is -2.30. The number of rotatable bonds is 3. The van der Waals surface area contributed by atoms with Gasteiger partial charge in [0.05, 0.1) is 17.5 Å². The molecular formula is C21H25NO4. The van der Waals surface area contributed by atoms with Crippen LogP contribution in [0.2, 0.25) is 0 Å². The molecule has 1 N–H and O–H groups in total. The molecule has 0 radical (unpaired) electrons. The van der Waals surface area contributed by atoms with E-state index >= 15 is 0 Å². The third-order valence-corrected chi connectivity index (χ3v) is 5.86.